The number of hydrogen-bond donors (Lipinski definition) is 1. The van der Waals surface area contributed by atoms with Crippen LogP contribution in [0.4, 0.5) is 5.69 Å². The number of aryl methyl sites for hydroxylation is 1. The molecule has 0 spiro atoms. The zero-order valence-electron chi connectivity index (χ0n) is 11.1. The van der Waals surface area contributed by atoms with E-state index in [9.17, 15) is 0 Å². The van der Waals surface area contributed by atoms with Crippen LogP contribution in [-0.4, -0.2) is 0 Å². The summed E-state index contributed by atoms with van der Waals surface area (Å²) in [5.41, 5.74) is 4.35. The van der Waals surface area contributed by atoms with Gasteiger partial charge in [-0.1, -0.05) is 36.4 Å². The highest BCUT2D eigenvalue weighted by Crippen LogP contribution is 2.25. The lowest BCUT2D eigenvalue weighted by molar-refractivity contribution is 1.44. The smallest absolute Gasteiger partial charge is 0.145 e. The van der Waals surface area contributed by atoms with Gasteiger partial charge in [-0.2, -0.15) is 10.5 Å². The fourth-order valence-electron chi connectivity index (χ4n) is 1.92. The second-order valence-electron chi connectivity index (χ2n) is 4.32. The van der Waals surface area contributed by atoms with Gasteiger partial charge in [0.1, 0.15) is 17.7 Å². The van der Waals surface area contributed by atoms with E-state index in [0.29, 0.717) is 0 Å². The van der Waals surface area contributed by atoms with Gasteiger partial charge in [-0.3, -0.25) is 0 Å². The highest BCUT2D eigenvalue weighted by atomic mass is 14.8. The van der Waals surface area contributed by atoms with Crippen molar-refractivity contribution in [1.29, 1.82) is 10.5 Å². The Kier molecular flexibility index (Phi) is 4.17. The van der Waals surface area contributed by atoms with Crippen LogP contribution in [0, 0.1) is 29.6 Å². The second-order valence-corrected chi connectivity index (χ2v) is 4.32. The van der Waals surface area contributed by atoms with E-state index in [4.69, 9.17) is 10.5 Å². The molecule has 3 heteroatoms. The molecule has 0 amide bonds. The minimum Gasteiger partial charge on any atom is -0.360 e. The molecule has 1 N–H and O–H groups in total. The van der Waals surface area contributed by atoms with Crippen LogP contribution in [-0.2, 0) is 0 Å². The Bertz CT molecular complexity index is 714. The van der Waals surface area contributed by atoms with Crippen LogP contribution in [0.15, 0.2) is 60.3 Å². The fraction of sp³-hybridized carbons (Fsp3) is 0.0588. The number of nitrogens with zero attached hydrogens (tertiary/aromatic N) is 2. The fourth-order valence-corrected chi connectivity index (χ4v) is 1.92. The van der Waals surface area contributed by atoms with Gasteiger partial charge in [0.2, 0.25) is 0 Å². The molecule has 2 rings (SSSR count). The molecule has 0 bridgehead atoms. The average Bonchev–Trinajstić information content (AvgIpc) is 2.49. The molecule has 0 aliphatic rings. The number of nitrogens with one attached hydrogen (secondary N) is 1. The molecule has 3 nitrogen and oxygen atoms in total. The molecular weight excluding hydrogens is 246 g/mol. The second kappa shape index (κ2) is 6.22. The maximum atomic E-state index is 8.69. The third-order valence-corrected chi connectivity index (χ3v) is 2.94. The maximum absolute atomic E-state index is 8.69. The summed E-state index contributed by atoms with van der Waals surface area (Å²) in [6.45, 7) is 2.07. The number of nitriles is 2. The van der Waals surface area contributed by atoms with Crippen LogP contribution < -0.4 is 5.32 Å². The van der Waals surface area contributed by atoms with Gasteiger partial charge in [-0.25, -0.2) is 0 Å². The van der Waals surface area contributed by atoms with Crippen molar-refractivity contribution in [2.75, 3.05) is 5.32 Å². The van der Waals surface area contributed by atoms with E-state index in [-0.39, 0.29) is 5.57 Å². The van der Waals surface area contributed by atoms with Crippen LogP contribution in [0.5, 0.6) is 0 Å². The summed E-state index contributed by atoms with van der Waals surface area (Å²) in [4.78, 5) is 0. The normalized spacial score (nSPS) is 9.15. The van der Waals surface area contributed by atoms with Gasteiger partial charge in [-0.05, 0) is 35.7 Å². The molecule has 0 aliphatic heterocycles. The molecule has 0 saturated heterocycles. The Hall–Kier alpha value is -3.04. The summed E-state index contributed by atoms with van der Waals surface area (Å²) >= 11 is 0. The number of hydrogen-bond acceptors (Lipinski definition) is 3. The van der Waals surface area contributed by atoms with Crippen molar-refractivity contribution in [2.45, 2.75) is 6.92 Å². The predicted octanol–water partition coefficient (Wildman–Crippen LogP) is 4.00. The predicted molar refractivity (Wildman–Crippen MR) is 79.5 cm³/mol. The van der Waals surface area contributed by atoms with Crippen molar-refractivity contribution in [3.63, 3.8) is 0 Å². The summed E-state index contributed by atoms with van der Waals surface area (Å²) in [6, 6.07) is 19.6. The van der Waals surface area contributed by atoms with Gasteiger partial charge in [0.15, 0.2) is 0 Å². The summed E-state index contributed by atoms with van der Waals surface area (Å²) in [6.07, 6.45) is 1.41. The quantitative estimate of drug-likeness (QED) is 0.847. The Morgan fingerprint density at radius 3 is 2.50 bits per heavy atom. The van der Waals surface area contributed by atoms with Crippen molar-refractivity contribution in [3.05, 3.63) is 65.9 Å². The Morgan fingerprint density at radius 2 is 1.80 bits per heavy atom. The topological polar surface area (TPSA) is 59.6 Å². The molecule has 96 valence electrons. The maximum Gasteiger partial charge on any atom is 0.145 e. The van der Waals surface area contributed by atoms with E-state index in [1.54, 1.807) is 0 Å². The van der Waals surface area contributed by atoms with Gasteiger partial charge in [0, 0.05) is 11.9 Å². The van der Waals surface area contributed by atoms with E-state index >= 15 is 0 Å². The molecule has 0 atom stereocenters. The minimum absolute atomic E-state index is 0.0475. The highest BCUT2D eigenvalue weighted by molar-refractivity contribution is 5.71. The lowest BCUT2D eigenvalue weighted by Gasteiger charge is -2.08. The first kappa shape index (κ1) is 13.4. The molecule has 0 aliphatic carbocycles. The van der Waals surface area contributed by atoms with Crippen LogP contribution in [0.2, 0.25) is 0 Å². The first-order chi connectivity index (χ1) is 9.74. The van der Waals surface area contributed by atoms with Crippen LogP contribution in [0.1, 0.15) is 5.56 Å². The van der Waals surface area contributed by atoms with Gasteiger partial charge >= 0.3 is 0 Å². The Labute approximate surface area is 118 Å². The molecular formula is C17H13N3. The third-order valence-electron chi connectivity index (χ3n) is 2.94. The zero-order chi connectivity index (χ0) is 14.4. The SMILES string of the molecule is Cc1ccccc1-c1cccc(NC=C(C#N)C#N)c1. The van der Waals surface area contributed by atoms with Crippen LogP contribution >= 0.6 is 0 Å². The van der Waals surface area contributed by atoms with E-state index < -0.39 is 0 Å². The van der Waals surface area contributed by atoms with Gasteiger partial charge in [-0.15, -0.1) is 0 Å². The lowest BCUT2D eigenvalue weighted by Crippen LogP contribution is -1.91. The molecule has 20 heavy (non-hydrogen) atoms. The first-order valence-electron chi connectivity index (χ1n) is 6.17. The highest BCUT2D eigenvalue weighted by Gasteiger charge is 2.01. The molecule has 0 heterocycles. The zero-order valence-corrected chi connectivity index (χ0v) is 11.1. The summed E-state index contributed by atoms with van der Waals surface area (Å²) in [7, 11) is 0. The van der Waals surface area contributed by atoms with Crippen molar-refractivity contribution in [2.24, 2.45) is 0 Å². The van der Waals surface area contributed by atoms with Crippen molar-refractivity contribution >= 4 is 5.69 Å². The Balaban J connectivity index is 2.31. The van der Waals surface area contributed by atoms with Crippen molar-refractivity contribution in [3.8, 4) is 23.3 Å². The molecule has 0 saturated carbocycles. The number of allylic oxidation sites excluding steroid dienone is 1. The Morgan fingerprint density at radius 1 is 1.05 bits per heavy atom. The van der Waals surface area contributed by atoms with Crippen molar-refractivity contribution in [1.82, 2.24) is 0 Å². The van der Waals surface area contributed by atoms with E-state index in [1.165, 1.54) is 17.3 Å². The van der Waals surface area contributed by atoms with E-state index in [2.05, 4.69) is 24.4 Å². The third kappa shape index (κ3) is 3.04. The minimum atomic E-state index is 0.0475. The number of rotatable bonds is 3. The van der Waals surface area contributed by atoms with Gasteiger partial charge < -0.3 is 5.32 Å². The van der Waals surface area contributed by atoms with Gasteiger partial charge in [0.25, 0.3) is 0 Å². The standard InChI is InChI=1S/C17H13N3/c1-13-5-2-3-8-17(13)15-6-4-7-16(9-15)20-12-14(10-18)11-19/h2-9,12,20H,1H3. The molecule has 0 fully saturated rings. The van der Waals surface area contributed by atoms with E-state index in [1.807, 2.05) is 48.5 Å². The monoisotopic (exact) mass is 259 g/mol. The lowest BCUT2D eigenvalue weighted by atomic mass is 10.0. The largest absolute Gasteiger partial charge is 0.360 e. The molecule has 0 unspecified atom stereocenters. The van der Waals surface area contributed by atoms with Gasteiger partial charge in [0.05, 0.1) is 0 Å². The molecule has 0 aromatic heterocycles. The molecule has 0 radical (unpaired) electrons. The summed E-state index contributed by atoms with van der Waals surface area (Å²) < 4.78 is 0. The van der Waals surface area contributed by atoms with Crippen molar-refractivity contribution < 1.29 is 0 Å². The molecule has 2 aromatic rings. The number of benzene rings is 2. The van der Waals surface area contributed by atoms with Crippen LogP contribution in [0.25, 0.3) is 11.1 Å². The summed E-state index contributed by atoms with van der Waals surface area (Å²) in [5, 5.41) is 20.4. The van der Waals surface area contributed by atoms with E-state index in [0.717, 1.165) is 11.3 Å². The summed E-state index contributed by atoms with van der Waals surface area (Å²) in [5.74, 6) is 0. The first-order valence-corrected chi connectivity index (χ1v) is 6.17. The average molecular weight is 259 g/mol. The van der Waals surface area contributed by atoms with Crippen LogP contribution in [0.3, 0.4) is 0 Å². The molecule has 2 aromatic carbocycles. The number of anilines is 1.